The topological polar surface area (TPSA) is 62.2 Å². The van der Waals surface area contributed by atoms with E-state index < -0.39 is 17.2 Å². The molecule has 2 N–H and O–H groups in total. The summed E-state index contributed by atoms with van der Waals surface area (Å²) in [6, 6.07) is 8.56. The lowest BCUT2D eigenvalue weighted by molar-refractivity contribution is -0.122. The van der Waals surface area contributed by atoms with Gasteiger partial charge in [0, 0.05) is 29.9 Å². The fourth-order valence-electron chi connectivity index (χ4n) is 2.36. The Bertz CT molecular complexity index is 691. The smallest absolute Gasteiger partial charge is 0.220 e. The summed E-state index contributed by atoms with van der Waals surface area (Å²) in [5.74, 6) is -1.80. The van der Waals surface area contributed by atoms with Crippen molar-refractivity contribution in [1.82, 2.24) is 10.3 Å². The summed E-state index contributed by atoms with van der Waals surface area (Å²) >= 11 is 0. The summed E-state index contributed by atoms with van der Waals surface area (Å²) in [4.78, 5) is 16.0. The zero-order valence-corrected chi connectivity index (χ0v) is 13.4. The summed E-state index contributed by atoms with van der Waals surface area (Å²) in [6.07, 6.45) is 3.27. The van der Waals surface area contributed by atoms with Gasteiger partial charge in [-0.25, -0.2) is 8.78 Å². The molecule has 24 heavy (non-hydrogen) atoms. The van der Waals surface area contributed by atoms with E-state index in [-0.39, 0.29) is 24.4 Å². The Morgan fingerprint density at radius 3 is 2.75 bits per heavy atom. The number of amides is 1. The second-order valence-corrected chi connectivity index (χ2v) is 5.85. The van der Waals surface area contributed by atoms with E-state index in [0.29, 0.717) is 18.9 Å². The van der Waals surface area contributed by atoms with Crippen LogP contribution in [0.25, 0.3) is 0 Å². The number of nitrogens with one attached hydrogen (secondary N) is 1. The Morgan fingerprint density at radius 1 is 1.29 bits per heavy atom. The van der Waals surface area contributed by atoms with Crippen LogP contribution in [0.15, 0.2) is 42.6 Å². The van der Waals surface area contributed by atoms with Crippen LogP contribution in [0.5, 0.6) is 0 Å². The largest absolute Gasteiger partial charge is 0.383 e. The van der Waals surface area contributed by atoms with Gasteiger partial charge in [-0.1, -0.05) is 12.1 Å². The number of aryl methyl sites for hydroxylation is 1. The van der Waals surface area contributed by atoms with Gasteiger partial charge in [-0.05, 0) is 38.0 Å². The van der Waals surface area contributed by atoms with Gasteiger partial charge in [0.05, 0.1) is 6.54 Å². The number of aromatic nitrogens is 1. The van der Waals surface area contributed by atoms with E-state index in [1.165, 1.54) is 13.0 Å². The molecule has 0 radical (unpaired) electrons. The number of carbonyl (C=O) groups excluding carboxylic acids is 1. The number of aliphatic hydroxyl groups is 1. The molecule has 1 aromatic heterocycles. The highest BCUT2D eigenvalue weighted by molar-refractivity contribution is 5.75. The molecule has 0 saturated carbocycles. The third kappa shape index (κ3) is 5.09. The quantitative estimate of drug-likeness (QED) is 0.818. The van der Waals surface area contributed by atoms with Crippen molar-refractivity contribution in [1.29, 1.82) is 0 Å². The molecule has 128 valence electrons. The number of carbonyl (C=O) groups is 1. The first-order valence-electron chi connectivity index (χ1n) is 7.73. The molecule has 1 atom stereocenters. The first-order valence-corrected chi connectivity index (χ1v) is 7.73. The van der Waals surface area contributed by atoms with Crippen LogP contribution in [0.2, 0.25) is 0 Å². The average molecular weight is 334 g/mol. The molecular weight excluding hydrogens is 314 g/mol. The minimum absolute atomic E-state index is 0.0577. The van der Waals surface area contributed by atoms with Crippen molar-refractivity contribution in [2.45, 2.75) is 31.8 Å². The van der Waals surface area contributed by atoms with Crippen molar-refractivity contribution >= 4 is 5.91 Å². The summed E-state index contributed by atoms with van der Waals surface area (Å²) in [5, 5.41) is 12.9. The Hall–Kier alpha value is -2.34. The molecule has 1 unspecified atom stereocenters. The van der Waals surface area contributed by atoms with Gasteiger partial charge >= 0.3 is 0 Å². The van der Waals surface area contributed by atoms with Crippen molar-refractivity contribution in [2.75, 3.05) is 6.54 Å². The highest BCUT2D eigenvalue weighted by Gasteiger charge is 2.27. The second-order valence-electron chi connectivity index (χ2n) is 5.85. The van der Waals surface area contributed by atoms with Crippen LogP contribution in [-0.4, -0.2) is 22.5 Å². The molecule has 0 aliphatic rings. The van der Waals surface area contributed by atoms with E-state index in [1.807, 2.05) is 18.2 Å². The number of pyridine rings is 1. The van der Waals surface area contributed by atoms with Crippen molar-refractivity contribution in [2.24, 2.45) is 0 Å². The van der Waals surface area contributed by atoms with Gasteiger partial charge in [0.2, 0.25) is 5.91 Å². The van der Waals surface area contributed by atoms with Gasteiger partial charge in [-0.15, -0.1) is 0 Å². The van der Waals surface area contributed by atoms with Crippen LogP contribution >= 0.6 is 0 Å². The molecule has 0 aliphatic heterocycles. The predicted octanol–water partition coefficient (Wildman–Crippen LogP) is 2.71. The molecule has 1 heterocycles. The SMILES string of the molecule is CC(O)(CNC(=O)CCCc1ccccn1)c1ccc(F)cc1F. The second kappa shape index (κ2) is 7.97. The maximum absolute atomic E-state index is 13.7. The van der Waals surface area contributed by atoms with Gasteiger partial charge in [0.15, 0.2) is 0 Å². The van der Waals surface area contributed by atoms with Crippen molar-refractivity contribution in [3.8, 4) is 0 Å². The number of rotatable bonds is 7. The number of benzene rings is 1. The highest BCUT2D eigenvalue weighted by Crippen LogP contribution is 2.23. The fraction of sp³-hybridized carbons (Fsp3) is 0.333. The van der Waals surface area contributed by atoms with Crippen LogP contribution in [0.3, 0.4) is 0 Å². The normalized spacial score (nSPS) is 13.3. The van der Waals surface area contributed by atoms with E-state index >= 15 is 0 Å². The molecule has 4 nitrogen and oxygen atoms in total. The van der Waals surface area contributed by atoms with Gasteiger partial charge in [0.25, 0.3) is 0 Å². The first-order chi connectivity index (χ1) is 11.4. The van der Waals surface area contributed by atoms with Crippen LogP contribution in [0.4, 0.5) is 8.78 Å². The minimum atomic E-state index is -1.62. The van der Waals surface area contributed by atoms with Gasteiger partial charge < -0.3 is 10.4 Å². The average Bonchev–Trinajstić information content (AvgIpc) is 2.54. The van der Waals surface area contributed by atoms with Crippen LogP contribution in [-0.2, 0) is 16.8 Å². The lowest BCUT2D eigenvalue weighted by Gasteiger charge is -2.24. The van der Waals surface area contributed by atoms with Crippen LogP contribution in [0, 0.1) is 11.6 Å². The molecule has 0 bridgehead atoms. The summed E-state index contributed by atoms with van der Waals surface area (Å²) in [7, 11) is 0. The summed E-state index contributed by atoms with van der Waals surface area (Å²) < 4.78 is 26.7. The number of hydrogen-bond acceptors (Lipinski definition) is 3. The van der Waals surface area contributed by atoms with Crippen molar-refractivity contribution < 1.29 is 18.7 Å². The molecule has 0 spiro atoms. The lowest BCUT2D eigenvalue weighted by atomic mass is 9.95. The third-order valence-corrected chi connectivity index (χ3v) is 3.70. The van der Waals surface area contributed by atoms with E-state index in [4.69, 9.17) is 0 Å². The Balaban J connectivity index is 1.81. The molecular formula is C18H20F2N2O2. The fourth-order valence-corrected chi connectivity index (χ4v) is 2.36. The van der Waals surface area contributed by atoms with Gasteiger partial charge in [-0.2, -0.15) is 0 Å². The minimum Gasteiger partial charge on any atom is -0.383 e. The summed E-state index contributed by atoms with van der Waals surface area (Å²) in [5.41, 5.74) is -0.766. The van der Waals surface area contributed by atoms with E-state index in [0.717, 1.165) is 11.8 Å². The van der Waals surface area contributed by atoms with Crippen LogP contribution < -0.4 is 5.32 Å². The standard InChI is InChI=1S/C18H20F2N2O2/c1-18(24,15-9-8-13(19)11-16(15)20)12-22-17(23)7-4-6-14-5-2-3-10-21-14/h2-3,5,8-11,24H,4,6-7,12H2,1H3,(H,22,23). The Kier molecular flexibility index (Phi) is 5.98. The molecule has 1 aromatic carbocycles. The summed E-state index contributed by atoms with van der Waals surface area (Å²) in [6.45, 7) is 1.22. The highest BCUT2D eigenvalue weighted by atomic mass is 19.1. The monoisotopic (exact) mass is 334 g/mol. The molecule has 0 aliphatic carbocycles. The Morgan fingerprint density at radius 2 is 2.08 bits per heavy atom. The molecule has 0 saturated heterocycles. The third-order valence-electron chi connectivity index (χ3n) is 3.70. The zero-order chi connectivity index (χ0) is 17.6. The number of halogens is 2. The molecule has 6 heteroatoms. The van der Waals surface area contributed by atoms with Gasteiger partial charge in [0.1, 0.15) is 17.2 Å². The lowest BCUT2D eigenvalue weighted by Crippen LogP contribution is -2.39. The molecule has 2 rings (SSSR count). The van der Waals surface area contributed by atoms with Crippen molar-refractivity contribution in [3.05, 3.63) is 65.5 Å². The van der Waals surface area contributed by atoms with Crippen molar-refractivity contribution in [3.63, 3.8) is 0 Å². The van der Waals surface area contributed by atoms with E-state index in [2.05, 4.69) is 10.3 Å². The first kappa shape index (κ1) is 18.0. The zero-order valence-electron chi connectivity index (χ0n) is 13.4. The predicted molar refractivity (Wildman–Crippen MR) is 86.1 cm³/mol. The number of nitrogens with zero attached hydrogens (tertiary/aromatic N) is 1. The molecule has 2 aromatic rings. The maximum atomic E-state index is 13.7. The maximum Gasteiger partial charge on any atom is 0.220 e. The number of hydrogen-bond donors (Lipinski definition) is 2. The molecule has 0 fully saturated rings. The molecule has 1 amide bonds. The van der Waals surface area contributed by atoms with E-state index in [9.17, 15) is 18.7 Å². The van der Waals surface area contributed by atoms with Gasteiger partial charge in [-0.3, -0.25) is 9.78 Å². The van der Waals surface area contributed by atoms with E-state index in [1.54, 1.807) is 6.20 Å². The van der Waals surface area contributed by atoms with Crippen LogP contribution in [0.1, 0.15) is 31.0 Å². The Labute approximate surface area is 139 Å².